The molecule has 0 saturated heterocycles. The van der Waals surface area contributed by atoms with Crippen molar-refractivity contribution in [2.45, 2.75) is 19.4 Å². The monoisotopic (exact) mass is 283 g/mol. The van der Waals surface area contributed by atoms with E-state index in [4.69, 9.17) is 14.7 Å². The van der Waals surface area contributed by atoms with Crippen LogP contribution in [0.2, 0.25) is 0 Å². The van der Waals surface area contributed by atoms with E-state index in [1.165, 1.54) is 0 Å². The van der Waals surface area contributed by atoms with Crippen LogP contribution in [0.5, 0.6) is 11.5 Å². The minimum Gasteiger partial charge on any atom is -0.496 e. The van der Waals surface area contributed by atoms with Crippen LogP contribution >= 0.6 is 0 Å². The number of para-hydroxylation sites is 1. The van der Waals surface area contributed by atoms with Crippen molar-refractivity contribution in [3.8, 4) is 11.5 Å². The highest BCUT2D eigenvalue weighted by Crippen LogP contribution is 2.32. The van der Waals surface area contributed by atoms with Crippen LogP contribution in [0.1, 0.15) is 23.1 Å². The van der Waals surface area contributed by atoms with Crippen LogP contribution < -0.4 is 9.47 Å². The van der Waals surface area contributed by atoms with Crippen LogP contribution in [0.25, 0.3) is 0 Å². The Morgan fingerprint density at radius 1 is 1.05 bits per heavy atom. The molecule has 0 unspecified atom stereocenters. The molecule has 0 aliphatic heterocycles. The molecule has 0 spiro atoms. The number of hydrogen-bond donors (Lipinski definition) is 1. The van der Waals surface area contributed by atoms with E-state index >= 15 is 0 Å². The molecule has 4 nitrogen and oxygen atoms in total. The number of rotatable bonds is 4. The number of nitrogens with zero attached hydrogens (tertiary/aromatic N) is 1. The maximum atomic E-state index is 9.01. The summed E-state index contributed by atoms with van der Waals surface area (Å²) in [5.41, 5.74) is 3.83. The molecule has 108 valence electrons. The molecular formula is C17H17NO3. The van der Waals surface area contributed by atoms with Gasteiger partial charge < -0.3 is 14.7 Å². The number of benzene rings is 2. The molecule has 0 saturated carbocycles. The third-order valence-corrected chi connectivity index (χ3v) is 3.75. The molecule has 0 fully saturated rings. The molecule has 0 aromatic heterocycles. The molecule has 0 radical (unpaired) electrons. The standard InChI is InChI=1S/C17H17NO3/c1-20-16-7-3-2-5-12(16)11-21-17-8-4-6-13-14(17)9-10-15(13)18-19/h2-8,19H,9-11H2,1H3. The number of oxime groups is 1. The van der Waals surface area contributed by atoms with Crippen molar-refractivity contribution in [1.82, 2.24) is 0 Å². The zero-order chi connectivity index (χ0) is 14.7. The molecule has 0 amide bonds. The van der Waals surface area contributed by atoms with E-state index in [0.29, 0.717) is 6.61 Å². The Hall–Kier alpha value is -2.49. The first-order valence-electron chi connectivity index (χ1n) is 6.91. The van der Waals surface area contributed by atoms with Gasteiger partial charge in [0.2, 0.25) is 0 Å². The Morgan fingerprint density at radius 3 is 2.67 bits per heavy atom. The van der Waals surface area contributed by atoms with Crippen molar-refractivity contribution in [3.05, 3.63) is 59.2 Å². The summed E-state index contributed by atoms with van der Waals surface area (Å²) in [5.74, 6) is 1.67. The molecule has 1 aliphatic rings. The lowest BCUT2D eigenvalue weighted by Gasteiger charge is -2.12. The molecule has 1 aliphatic carbocycles. The van der Waals surface area contributed by atoms with Gasteiger partial charge in [0, 0.05) is 16.7 Å². The molecular weight excluding hydrogens is 266 g/mol. The van der Waals surface area contributed by atoms with Crippen molar-refractivity contribution < 1.29 is 14.7 Å². The summed E-state index contributed by atoms with van der Waals surface area (Å²) in [5, 5.41) is 12.4. The van der Waals surface area contributed by atoms with Crippen molar-refractivity contribution in [2.24, 2.45) is 5.16 Å². The van der Waals surface area contributed by atoms with Crippen molar-refractivity contribution >= 4 is 5.71 Å². The Morgan fingerprint density at radius 2 is 1.86 bits per heavy atom. The first kappa shape index (κ1) is 13.5. The first-order valence-corrected chi connectivity index (χ1v) is 6.91. The number of ether oxygens (including phenoxy) is 2. The Bertz CT molecular complexity index is 679. The smallest absolute Gasteiger partial charge is 0.125 e. The van der Waals surface area contributed by atoms with E-state index in [1.807, 2.05) is 42.5 Å². The molecule has 21 heavy (non-hydrogen) atoms. The largest absolute Gasteiger partial charge is 0.496 e. The summed E-state index contributed by atoms with van der Waals surface area (Å²) < 4.78 is 11.3. The van der Waals surface area contributed by atoms with E-state index in [2.05, 4.69) is 5.16 Å². The quantitative estimate of drug-likeness (QED) is 0.691. The summed E-state index contributed by atoms with van der Waals surface area (Å²) in [6.45, 7) is 0.450. The normalized spacial score (nSPS) is 15.0. The van der Waals surface area contributed by atoms with Crippen LogP contribution in [-0.4, -0.2) is 18.0 Å². The third-order valence-electron chi connectivity index (χ3n) is 3.75. The number of methoxy groups -OCH3 is 1. The topological polar surface area (TPSA) is 51.0 Å². The molecule has 4 heteroatoms. The summed E-state index contributed by atoms with van der Waals surface area (Å²) in [6, 6.07) is 13.7. The average molecular weight is 283 g/mol. The Labute approximate surface area is 123 Å². The molecule has 3 rings (SSSR count). The van der Waals surface area contributed by atoms with Gasteiger partial charge in [0.15, 0.2) is 0 Å². The van der Waals surface area contributed by atoms with Crippen LogP contribution in [0.4, 0.5) is 0 Å². The third kappa shape index (κ3) is 2.57. The van der Waals surface area contributed by atoms with E-state index in [9.17, 15) is 0 Å². The number of fused-ring (bicyclic) bond motifs is 1. The molecule has 1 N–H and O–H groups in total. The maximum Gasteiger partial charge on any atom is 0.125 e. The summed E-state index contributed by atoms with van der Waals surface area (Å²) in [4.78, 5) is 0. The van der Waals surface area contributed by atoms with E-state index in [0.717, 1.165) is 46.7 Å². The van der Waals surface area contributed by atoms with E-state index in [-0.39, 0.29) is 0 Å². The van der Waals surface area contributed by atoms with Crippen molar-refractivity contribution in [3.63, 3.8) is 0 Å². The van der Waals surface area contributed by atoms with Gasteiger partial charge in [-0.3, -0.25) is 0 Å². The zero-order valence-electron chi connectivity index (χ0n) is 11.9. The summed E-state index contributed by atoms with van der Waals surface area (Å²) in [6.07, 6.45) is 1.59. The van der Waals surface area contributed by atoms with E-state index in [1.54, 1.807) is 7.11 Å². The van der Waals surface area contributed by atoms with Crippen LogP contribution in [0.3, 0.4) is 0 Å². The maximum absolute atomic E-state index is 9.01. The minimum absolute atomic E-state index is 0.450. The first-order chi connectivity index (χ1) is 10.3. The van der Waals surface area contributed by atoms with Crippen LogP contribution in [0.15, 0.2) is 47.6 Å². The highest BCUT2D eigenvalue weighted by molar-refractivity contribution is 6.04. The van der Waals surface area contributed by atoms with Gasteiger partial charge in [-0.15, -0.1) is 0 Å². The molecule has 0 atom stereocenters. The van der Waals surface area contributed by atoms with Gasteiger partial charge in [-0.2, -0.15) is 0 Å². The Balaban J connectivity index is 1.82. The van der Waals surface area contributed by atoms with Crippen LogP contribution in [0, 0.1) is 0 Å². The van der Waals surface area contributed by atoms with Crippen molar-refractivity contribution in [1.29, 1.82) is 0 Å². The second-order valence-corrected chi connectivity index (χ2v) is 4.93. The predicted octanol–water partition coefficient (Wildman–Crippen LogP) is 3.40. The van der Waals surface area contributed by atoms with Crippen molar-refractivity contribution in [2.75, 3.05) is 7.11 Å². The van der Waals surface area contributed by atoms with Gasteiger partial charge in [-0.1, -0.05) is 35.5 Å². The van der Waals surface area contributed by atoms with Gasteiger partial charge in [-0.25, -0.2) is 0 Å². The predicted molar refractivity (Wildman–Crippen MR) is 80.4 cm³/mol. The van der Waals surface area contributed by atoms with Gasteiger partial charge in [-0.05, 0) is 25.0 Å². The van der Waals surface area contributed by atoms with E-state index < -0.39 is 0 Å². The highest BCUT2D eigenvalue weighted by Gasteiger charge is 2.21. The van der Waals surface area contributed by atoms with Gasteiger partial charge >= 0.3 is 0 Å². The van der Waals surface area contributed by atoms with Gasteiger partial charge in [0.05, 0.1) is 12.8 Å². The lowest BCUT2D eigenvalue weighted by atomic mass is 10.1. The van der Waals surface area contributed by atoms with Gasteiger partial charge in [0.25, 0.3) is 0 Å². The minimum atomic E-state index is 0.450. The fourth-order valence-corrected chi connectivity index (χ4v) is 2.69. The highest BCUT2D eigenvalue weighted by atomic mass is 16.5. The summed E-state index contributed by atoms with van der Waals surface area (Å²) in [7, 11) is 1.66. The zero-order valence-corrected chi connectivity index (χ0v) is 11.9. The fraction of sp³-hybridized carbons (Fsp3) is 0.235. The fourth-order valence-electron chi connectivity index (χ4n) is 2.69. The molecule has 0 bridgehead atoms. The molecule has 2 aromatic carbocycles. The lowest BCUT2D eigenvalue weighted by Crippen LogP contribution is -2.01. The van der Waals surface area contributed by atoms with Gasteiger partial charge in [0.1, 0.15) is 18.1 Å². The molecule has 0 heterocycles. The Kier molecular flexibility index (Phi) is 3.77. The second kappa shape index (κ2) is 5.87. The molecule has 2 aromatic rings. The number of hydrogen-bond acceptors (Lipinski definition) is 4. The SMILES string of the molecule is COc1ccccc1COc1cccc2c1CCC2=NO. The second-order valence-electron chi connectivity index (χ2n) is 4.93. The summed E-state index contributed by atoms with van der Waals surface area (Å²) >= 11 is 0. The lowest BCUT2D eigenvalue weighted by molar-refractivity contribution is 0.294. The average Bonchev–Trinajstić information content (AvgIpc) is 2.96. The van der Waals surface area contributed by atoms with Crippen LogP contribution in [-0.2, 0) is 13.0 Å².